The van der Waals surface area contributed by atoms with Crippen LogP contribution in [0.15, 0.2) is 23.2 Å². The van der Waals surface area contributed by atoms with Crippen LogP contribution >= 0.6 is 0 Å². The molecule has 0 amide bonds. The second-order valence-electron chi connectivity index (χ2n) is 3.14. The number of rotatable bonds is 3. The molecule has 0 saturated heterocycles. The van der Waals surface area contributed by atoms with E-state index < -0.39 is 0 Å². The van der Waals surface area contributed by atoms with Gasteiger partial charge >= 0.3 is 0 Å². The Bertz CT molecular complexity index is 345. The molecule has 0 heterocycles. The van der Waals surface area contributed by atoms with Gasteiger partial charge in [-0.2, -0.15) is 0 Å². The molecule has 3 nitrogen and oxygen atoms in total. The van der Waals surface area contributed by atoms with Crippen LogP contribution in [0.4, 0.5) is 0 Å². The zero-order valence-electron chi connectivity index (χ0n) is 8.74. The largest absolute Gasteiger partial charge is 0.504 e. The fourth-order valence-corrected chi connectivity index (χ4v) is 1.21. The summed E-state index contributed by atoms with van der Waals surface area (Å²) in [5.41, 5.74) is 2.14. The summed E-state index contributed by atoms with van der Waals surface area (Å²) in [4.78, 5) is 4.08. The Balaban J connectivity index is 2.90. The molecule has 3 heteroatoms. The minimum Gasteiger partial charge on any atom is -0.504 e. The summed E-state index contributed by atoms with van der Waals surface area (Å²) in [6, 6.07) is 5.33. The van der Waals surface area contributed by atoms with Gasteiger partial charge in [-0.3, -0.25) is 4.99 Å². The van der Waals surface area contributed by atoms with Crippen molar-refractivity contribution in [3.63, 3.8) is 0 Å². The number of phenolic OH excluding ortho intramolecular Hbond substituents is 1. The lowest BCUT2D eigenvalue weighted by molar-refractivity contribution is 0.373. The molecule has 0 aliphatic heterocycles. The van der Waals surface area contributed by atoms with E-state index >= 15 is 0 Å². The Morgan fingerprint density at radius 3 is 2.79 bits per heavy atom. The summed E-state index contributed by atoms with van der Waals surface area (Å²) < 4.78 is 5.01. The first-order valence-electron chi connectivity index (χ1n) is 4.45. The van der Waals surface area contributed by atoms with Gasteiger partial charge in [-0.1, -0.05) is 6.07 Å². The molecular formula is C11H15NO2. The normalized spacial score (nSPS) is 11.5. The van der Waals surface area contributed by atoms with E-state index in [0.717, 1.165) is 17.7 Å². The molecule has 1 N–H and O–H groups in total. The minimum absolute atomic E-state index is 0.169. The van der Waals surface area contributed by atoms with Crippen molar-refractivity contribution >= 4 is 5.71 Å². The average Bonchev–Trinajstić information content (AvgIpc) is 2.20. The molecule has 0 unspecified atom stereocenters. The fraction of sp³-hybridized carbons (Fsp3) is 0.364. The lowest BCUT2D eigenvalue weighted by Crippen LogP contribution is -1.97. The smallest absolute Gasteiger partial charge is 0.160 e. The van der Waals surface area contributed by atoms with E-state index in [-0.39, 0.29) is 5.75 Å². The third-order valence-electron chi connectivity index (χ3n) is 2.09. The van der Waals surface area contributed by atoms with Crippen LogP contribution in [0.2, 0.25) is 0 Å². The number of nitrogens with zero attached hydrogens (tertiary/aromatic N) is 1. The number of hydrogen-bond donors (Lipinski definition) is 1. The molecule has 14 heavy (non-hydrogen) atoms. The van der Waals surface area contributed by atoms with E-state index in [1.165, 1.54) is 0 Å². The molecule has 0 spiro atoms. The van der Waals surface area contributed by atoms with Crippen molar-refractivity contribution < 1.29 is 9.84 Å². The van der Waals surface area contributed by atoms with Crippen LogP contribution in [0.3, 0.4) is 0 Å². The Hall–Kier alpha value is -1.51. The number of phenols is 1. The average molecular weight is 193 g/mol. The van der Waals surface area contributed by atoms with Gasteiger partial charge in [0, 0.05) is 19.2 Å². The highest BCUT2D eigenvalue weighted by Crippen LogP contribution is 2.26. The lowest BCUT2D eigenvalue weighted by Gasteiger charge is -2.06. The van der Waals surface area contributed by atoms with Crippen LogP contribution in [0, 0.1) is 0 Å². The molecule has 0 bridgehead atoms. The Labute approximate surface area is 84.1 Å². The van der Waals surface area contributed by atoms with Crippen molar-refractivity contribution in [2.24, 2.45) is 4.99 Å². The Morgan fingerprint density at radius 1 is 1.50 bits per heavy atom. The topological polar surface area (TPSA) is 41.8 Å². The predicted octanol–water partition coefficient (Wildman–Crippen LogP) is 2.03. The highest BCUT2D eigenvalue weighted by atomic mass is 16.5. The van der Waals surface area contributed by atoms with Gasteiger partial charge in [0.15, 0.2) is 11.5 Å². The molecule has 1 aromatic rings. The van der Waals surface area contributed by atoms with Crippen LogP contribution in [0.25, 0.3) is 0 Å². The van der Waals surface area contributed by atoms with E-state index in [0.29, 0.717) is 5.75 Å². The summed E-state index contributed by atoms with van der Waals surface area (Å²) in [5, 5.41) is 9.37. The first kappa shape index (κ1) is 10.6. The van der Waals surface area contributed by atoms with E-state index in [9.17, 15) is 5.11 Å². The maximum Gasteiger partial charge on any atom is 0.160 e. The van der Waals surface area contributed by atoms with E-state index in [1.54, 1.807) is 20.2 Å². The summed E-state index contributed by atoms with van der Waals surface area (Å²) in [6.07, 6.45) is 0.785. The van der Waals surface area contributed by atoms with Crippen molar-refractivity contribution in [1.82, 2.24) is 0 Å². The SMILES string of the molecule is CN=C(C)Cc1ccc(O)c(OC)c1. The Kier molecular flexibility index (Phi) is 3.51. The van der Waals surface area contributed by atoms with Crippen molar-refractivity contribution in [3.8, 4) is 11.5 Å². The number of methoxy groups -OCH3 is 1. The van der Waals surface area contributed by atoms with Crippen molar-refractivity contribution in [2.45, 2.75) is 13.3 Å². The van der Waals surface area contributed by atoms with E-state index in [2.05, 4.69) is 4.99 Å². The van der Waals surface area contributed by atoms with Crippen molar-refractivity contribution in [1.29, 1.82) is 0 Å². The summed E-state index contributed by atoms with van der Waals surface area (Å²) >= 11 is 0. The number of aromatic hydroxyl groups is 1. The van der Waals surface area contributed by atoms with Gasteiger partial charge in [0.05, 0.1) is 7.11 Å². The molecular weight excluding hydrogens is 178 g/mol. The monoisotopic (exact) mass is 193 g/mol. The summed E-state index contributed by atoms with van der Waals surface area (Å²) in [5.74, 6) is 0.675. The molecule has 76 valence electrons. The van der Waals surface area contributed by atoms with Crippen molar-refractivity contribution in [3.05, 3.63) is 23.8 Å². The number of aliphatic imine (C=N–C) groups is 1. The molecule has 1 rings (SSSR count). The van der Waals surface area contributed by atoms with E-state index in [4.69, 9.17) is 4.74 Å². The second-order valence-corrected chi connectivity index (χ2v) is 3.14. The van der Waals surface area contributed by atoms with Crippen LogP contribution in [0.5, 0.6) is 11.5 Å². The van der Waals surface area contributed by atoms with Gasteiger partial charge < -0.3 is 9.84 Å². The standard InChI is InChI=1S/C11H15NO2/c1-8(12-2)6-9-4-5-10(13)11(7-9)14-3/h4-5,7,13H,6H2,1-3H3. The molecule has 0 aromatic heterocycles. The van der Waals surface area contributed by atoms with Gasteiger partial charge in [0.1, 0.15) is 0 Å². The fourth-order valence-electron chi connectivity index (χ4n) is 1.21. The maximum absolute atomic E-state index is 9.37. The predicted molar refractivity (Wildman–Crippen MR) is 57.4 cm³/mol. The third kappa shape index (κ3) is 2.49. The number of hydrogen-bond acceptors (Lipinski definition) is 3. The number of ether oxygens (including phenoxy) is 1. The molecule has 1 aromatic carbocycles. The molecule has 0 fully saturated rings. The molecule has 0 saturated carbocycles. The summed E-state index contributed by atoms with van der Waals surface area (Å²) in [6.45, 7) is 1.97. The van der Waals surface area contributed by atoms with E-state index in [1.807, 2.05) is 19.1 Å². The second kappa shape index (κ2) is 4.65. The first-order chi connectivity index (χ1) is 6.67. The highest BCUT2D eigenvalue weighted by Gasteiger charge is 2.03. The van der Waals surface area contributed by atoms with Crippen LogP contribution in [-0.2, 0) is 6.42 Å². The minimum atomic E-state index is 0.169. The molecule has 0 radical (unpaired) electrons. The van der Waals surface area contributed by atoms with Crippen molar-refractivity contribution in [2.75, 3.05) is 14.2 Å². The third-order valence-corrected chi connectivity index (χ3v) is 2.09. The van der Waals surface area contributed by atoms with Gasteiger partial charge in [0.25, 0.3) is 0 Å². The molecule has 0 atom stereocenters. The maximum atomic E-state index is 9.37. The first-order valence-corrected chi connectivity index (χ1v) is 4.45. The quantitative estimate of drug-likeness (QED) is 0.746. The van der Waals surface area contributed by atoms with Crippen LogP contribution < -0.4 is 4.74 Å². The Morgan fingerprint density at radius 2 is 2.21 bits per heavy atom. The molecule has 0 aliphatic rings. The highest BCUT2D eigenvalue weighted by molar-refractivity contribution is 5.84. The van der Waals surface area contributed by atoms with Gasteiger partial charge in [-0.25, -0.2) is 0 Å². The number of benzene rings is 1. The zero-order chi connectivity index (χ0) is 10.6. The lowest BCUT2D eigenvalue weighted by atomic mass is 10.1. The van der Waals surface area contributed by atoms with Gasteiger partial charge in [0.2, 0.25) is 0 Å². The van der Waals surface area contributed by atoms with Gasteiger partial charge in [-0.05, 0) is 24.6 Å². The van der Waals surface area contributed by atoms with Gasteiger partial charge in [-0.15, -0.1) is 0 Å². The zero-order valence-corrected chi connectivity index (χ0v) is 8.74. The molecule has 0 aliphatic carbocycles. The van der Waals surface area contributed by atoms with Crippen LogP contribution in [-0.4, -0.2) is 25.0 Å². The van der Waals surface area contributed by atoms with Crippen LogP contribution in [0.1, 0.15) is 12.5 Å². The summed E-state index contributed by atoms with van der Waals surface area (Å²) in [7, 11) is 3.31.